The van der Waals surface area contributed by atoms with Crippen LogP contribution in [0.4, 0.5) is 0 Å². The van der Waals surface area contributed by atoms with E-state index in [1.165, 1.54) is 0 Å². The average molecular weight is 378 g/mol. The van der Waals surface area contributed by atoms with Gasteiger partial charge in [0.2, 0.25) is 15.8 Å². The van der Waals surface area contributed by atoms with Crippen LogP contribution in [0.3, 0.4) is 0 Å². The van der Waals surface area contributed by atoms with Crippen molar-refractivity contribution in [3.8, 4) is 0 Å². The molecule has 21 heavy (non-hydrogen) atoms. The molecule has 114 valence electrons. The Hall–Kier alpha value is -1.65. The molecular weight excluding hydrogens is 366 g/mol. The minimum atomic E-state index is -3.89. The maximum Gasteiger partial charge on any atom is 0.371 e. The van der Waals surface area contributed by atoms with Gasteiger partial charge in [0.05, 0.1) is 6.33 Å². The molecule has 0 radical (unpaired) electrons. The van der Waals surface area contributed by atoms with E-state index in [1.54, 1.807) is 30.2 Å². The summed E-state index contributed by atoms with van der Waals surface area (Å²) in [5.74, 6) is -1.80. The van der Waals surface area contributed by atoms with Crippen LogP contribution in [0.15, 0.2) is 38.8 Å². The van der Waals surface area contributed by atoms with Crippen molar-refractivity contribution in [1.82, 2.24) is 14.3 Å². The number of carboxylic acid groups (broad SMARTS) is 1. The van der Waals surface area contributed by atoms with Gasteiger partial charge in [-0.3, -0.25) is 0 Å². The lowest BCUT2D eigenvalue weighted by Gasteiger charge is -2.13. The maximum atomic E-state index is 12.2. The molecule has 2 rings (SSSR count). The quantitative estimate of drug-likeness (QED) is 0.783. The minimum Gasteiger partial charge on any atom is -0.475 e. The molecular formula is C11H12BrN3O5S. The molecule has 10 heteroatoms. The normalized spacial score (nSPS) is 13.2. The minimum absolute atomic E-state index is 0.151. The zero-order valence-corrected chi connectivity index (χ0v) is 13.3. The fourth-order valence-electron chi connectivity index (χ4n) is 1.72. The highest BCUT2D eigenvalue weighted by Crippen LogP contribution is 2.26. The number of carboxylic acids is 1. The average Bonchev–Trinajstić information content (AvgIpc) is 2.97. The summed E-state index contributed by atoms with van der Waals surface area (Å²) in [6.07, 6.45) is 4.87. The standard InChI is InChI=1S/C11H12BrN3O5S/c1-7(5-15-3-2-13-6-15)14-21(18,19)9-4-8(11(16)17)20-10(9)12/h2-4,6-7,14H,5H2,1H3,(H,16,17). The van der Waals surface area contributed by atoms with Crippen molar-refractivity contribution in [2.24, 2.45) is 0 Å². The predicted molar refractivity (Wildman–Crippen MR) is 75.4 cm³/mol. The molecule has 0 aliphatic carbocycles. The summed E-state index contributed by atoms with van der Waals surface area (Å²) in [4.78, 5) is 14.4. The second kappa shape index (κ2) is 6.00. The summed E-state index contributed by atoms with van der Waals surface area (Å²) in [5.41, 5.74) is 0. The van der Waals surface area contributed by atoms with Crippen LogP contribution in [0.25, 0.3) is 0 Å². The Morgan fingerprint density at radius 2 is 2.33 bits per heavy atom. The summed E-state index contributed by atoms with van der Waals surface area (Å²) in [6, 6.07) is 0.540. The summed E-state index contributed by atoms with van der Waals surface area (Å²) >= 11 is 2.91. The molecule has 1 atom stereocenters. The fraction of sp³-hybridized carbons (Fsp3) is 0.273. The van der Waals surface area contributed by atoms with Crippen molar-refractivity contribution in [3.63, 3.8) is 0 Å². The number of rotatable bonds is 6. The number of nitrogens with one attached hydrogen (secondary N) is 1. The molecule has 0 saturated carbocycles. The Balaban J connectivity index is 2.16. The molecule has 0 spiro atoms. The Morgan fingerprint density at radius 3 is 2.86 bits per heavy atom. The number of aromatic nitrogens is 2. The van der Waals surface area contributed by atoms with E-state index < -0.39 is 27.8 Å². The van der Waals surface area contributed by atoms with Gasteiger partial charge >= 0.3 is 5.97 Å². The van der Waals surface area contributed by atoms with Crippen molar-refractivity contribution in [3.05, 3.63) is 35.2 Å². The highest BCUT2D eigenvalue weighted by atomic mass is 79.9. The van der Waals surface area contributed by atoms with E-state index >= 15 is 0 Å². The molecule has 2 aromatic rings. The number of furan rings is 1. The molecule has 2 heterocycles. The van der Waals surface area contributed by atoms with Crippen molar-refractivity contribution in [2.45, 2.75) is 24.4 Å². The predicted octanol–water partition coefficient (Wildman–Crippen LogP) is 1.30. The summed E-state index contributed by atoms with van der Waals surface area (Å²) in [6.45, 7) is 2.07. The Labute approximate surface area is 129 Å². The topological polar surface area (TPSA) is 114 Å². The third kappa shape index (κ3) is 3.71. The monoisotopic (exact) mass is 377 g/mol. The van der Waals surface area contributed by atoms with E-state index in [1.807, 2.05) is 0 Å². The van der Waals surface area contributed by atoms with Gasteiger partial charge in [-0.05, 0) is 22.9 Å². The van der Waals surface area contributed by atoms with Crippen LogP contribution in [0.1, 0.15) is 17.5 Å². The molecule has 0 saturated heterocycles. The van der Waals surface area contributed by atoms with Gasteiger partial charge in [0.15, 0.2) is 4.67 Å². The first kappa shape index (κ1) is 15.7. The third-order valence-electron chi connectivity index (χ3n) is 2.56. The van der Waals surface area contributed by atoms with Crippen molar-refractivity contribution < 1.29 is 22.7 Å². The van der Waals surface area contributed by atoms with E-state index in [2.05, 4.69) is 25.6 Å². The van der Waals surface area contributed by atoms with Gasteiger partial charge in [0.1, 0.15) is 4.90 Å². The SMILES string of the molecule is CC(Cn1ccnc1)NS(=O)(=O)c1cc(C(=O)O)oc1Br. The highest BCUT2D eigenvalue weighted by Gasteiger charge is 2.26. The van der Waals surface area contributed by atoms with Crippen LogP contribution >= 0.6 is 15.9 Å². The van der Waals surface area contributed by atoms with Gasteiger partial charge in [-0.1, -0.05) is 0 Å². The van der Waals surface area contributed by atoms with Crippen LogP contribution in [0, 0.1) is 0 Å². The number of halogens is 1. The lowest BCUT2D eigenvalue weighted by Crippen LogP contribution is -2.35. The van der Waals surface area contributed by atoms with Gasteiger partial charge in [0.25, 0.3) is 0 Å². The van der Waals surface area contributed by atoms with Gasteiger partial charge in [-0.25, -0.2) is 22.9 Å². The number of aromatic carboxylic acids is 1. The van der Waals surface area contributed by atoms with Crippen LogP contribution in [-0.2, 0) is 16.6 Å². The third-order valence-corrected chi connectivity index (χ3v) is 5.00. The summed E-state index contributed by atoms with van der Waals surface area (Å²) in [5, 5.41) is 8.80. The first-order chi connectivity index (χ1) is 9.79. The molecule has 2 aromatic heterocycles. The van der Waals surface area contributed by atoms with E-state index in [0.29, 0.717) is 6.54 Å². The maximum absolute atomic E-state index is 12.2. The number of hydrogen-bond acceptors (Lipinski definition) is 5. The first-order valence-corrected chi connectivity index (χ1v) is 8.08. The zero-order valence-electron chi connectivity index (χ0n) is 10.9. The molecule has 1 unspecified atom stereocenters. The van der Waals surface area contributed by atoms with Crippen LogP contribution in [0.2, 0.25) is 0 Å². The highest BCUT2D eigenvalue weighted by molar-refractivity contribution is 9.10. The van der Waals surface area contributed by atoms with Gasteiger partial charge < -0.3 is 14.1 Å². The Kier molecular flexibility index (Phi) is 4.49. The van der Waals surface area contributed by atoms with Crippen LogP contribution in [0.5, 0.6) is 0 Å². The van der Waals surface area contributed by atoms with Crippen molar-refractivity contribution in [1.29, 1.82) is 0 Å². The largest absolute Gasteiger partial charge is 0.475 e. The van der Waals surface area contributed by atoms with E-state index in [9.17, 15) is 13.2 Å². The van der Waals surface area contributed by atoms with Crippen LogP contribution in [-0.4, -0.2) is 35.1 Å². The smallest absolute Gasteiger partial charge is 0.371 e. The van der Waals surface area contributed by atoms with E-state index in [4.69, 9.17) is 9.52 Å². The molecule has 0 aliphatic rings. The summed E-state index contributed by atoms with van der Waals surface area (Å²) in [7, 11) is -3.89. The number of nitrogens with zero attached hydrogens (tertiary/aromatic N) is 2. The first-order valence-electron chi connectivity index (χ1n) is 5.80. The molecule has 0 aromatic carbocycles. The van der Waals surface area contributed by atoms with Gasteiger partial charge in [0, 0.05) is 31.0 Å². The molecule has 2 N–H and O–H groups in total. The number of carbonyl (C=O) groups is 1. The number of sulfonamides is 1. The molecule has 0 amide bonds. The lowest BCUT2D eigenvalue weighted by atomic mass is 10.4. The molecule has 0 aliphatic heterocycles. The molecule has 0 bridgehead atoms. The van der Waals surface area contributed by atoms with Crippen molar-refractivity contribution >= 4 is 31.9 Å². The van der Waals surface area contributed by atoms with Crippen LogP contribution < -0.4 is 4.72 Å². The van der Waals surface area contributed by atoms with E-state index in [-0.39, 0.29) is 9.56 Å². The second-order valence-corrected chi connectivity index (χ2v) is 6.74. The number of imidazole rings is 1. The zero-order chi connectivity index (χ0) is 15.6. The van der Waals surface area contributed by atoms with Crippen molar-refractivity contribution in [2.75, 3.05) is 0 Å². The van der Waals surface area contributed by atoms with Gasteiger partial charge in [-0.15, -0.1) is 0 Å². The lowest BCUT2D eigenvalue weighted by molar-refractivity contribution is 0.0661. The van der Waals surface area contributed by atoms with E-state index in [0.717, 1.165) is 6.07 Å². The Morgan fingerprint density at radius 1 is 1.62 bits per heavy atom. The second-order valence-electron chi connectivity index (χ2n) is 4.34. The molecule has 8 nitrogen and oxygen atoms in total. The fourth-order valence-corrected chi connectivity index (χ4v) is 3.89. The Bertz CT molecular complexity index is 738. The number of hydrogen-bond donors (Lipinski definition) is 2. The molecule has 0 fully saturated rings. The summed E-state index contributed by atoms with van der Waals surface area (Å²) < 4.78 is 33.3. The van der Waals surface area contributed by atoms with Gasteiger partial charge in [-0.2, -0.15) is 0 Å².